The van der Waals surface area contributed by atoms with E-state index in [1.54, 1.807) is 32.9 Å². The van der Waals surface area contributed by atoms with Crippen molar-refractivity contribution in [1.82, 2.24) is 0 Å². The number of carbonyl (C=O) groups is 4. The molecular weight excluding hydrogens is 697 g/mol. The largest absolute Gasteiger partial charge is 0.493 e. The first-order valence-corrected chi connectivity index (χ1v) is 17.6. The summed E-state index contributed by atoms with van der Waals surface area (Å²) in [4.78, 5) is 66.1. The number of benzene rings is 1. The number of hydrogen-bond acceptors (Lipinski definition) is 13. The fraction of sp³-hybridized carbons (Fsp3) is 0.579. The van der Waals surface area contributed by atoms with Crippen LogP contribution in [0.5, 0.6) is 11.5 Å². The Hall–Kier alpha value is -4.47. The Morgan fingerprint density at radius 3 is 2.62 bits per heavy atom. The van der Waals surface area contributed by atoms with Crippen LogP contribution in [0.1, 0.15) is 71.8 Å². The molecule has 1 aliphatic heterocycles. The van der Waals surface area contributed by atoms with Crippen molar-refractivity contribution in [1.29, 1.82) is 0 Å². The molecule has 3 fully saturated rings. The fourth-order valence-corrected chi connectivity index (χ4v) is 9.57. The van der Waals surface area contributed by atoms with Gasteiger partial charge < -0.3 is 33.6 Å². The minimum Gasteiger partial charge on any atom is -0.493 e. The second kappa shape index (κ2) is 13.7. The van der Waals surface area contributed by atoms with Crippen LogP contribution < -0.4 is 9.47 Å². The lowest BCUT2D eigenvalue weighted by Gasteiger charge is -2.62. The van der Waals surface area contributed by atoms with E-state index in [4.69, 9.17) is 23.7 Å². The van der Waals surface area contributed by atoms with Gasteiger partial charge in [0.25, 0.3) is 5.09 Å². The molecule has 1 unspecified atom stereocenters. The number of hydrogen-bond donors (Lipinski definition) is 1. The van der Waals surface area contributed by atoms with Crippen molar-refractivity contribution in [3.63, 3.8) is 0 Å². The number of rotatable bonds is 12. The summed E-state index contributed by atoms with van der Waals surface area (Å²) < 4.78 is 46.5. The zero-order chi connectivity index (χ0) is 38.6. The van der Waals surface area contributed by atoms with Crippen LogP contribution in [0.15, 0.2) is 48.1 Å². The summed E-state index contributed by atoms with van der Waals surface area (Å²) in [6, 6.07) is 4.51. The summed E-state index contributed by atoms with van der Waals surface area (Å²) in [5, 5.41) is 21.1. The maximum Gasteiger partial charge on any atom is 0.331 e. The first kappa shape index (κ1) is 38.3. The second-order valence-electron chi connectivity index (χ2n) is 15.3. The van der Waals surface area contributed by atoms with Crippen molar-refractivity contribution in [3.05, 3.63) is 63.8 Å². The normalized spacial score (nSPS) is 35.0. The lowest BCUT2D eigenvalue weighted by atomic mass is 9.45. The predicted molar refractivity (Wildman–Crippen MR) is 182 cm³/mol. The summed E-state index contributed by atoms with van der Waals surface area (Å²) in [7, 11) is 1.36. The van der Waals surface area contributed by atoms with E-state index < -0.39 is 81.3 Å². The Bertz CT molecular complexity index is 1800. The highest BCUT2D eigenvalue weighted by atomic mass is 19.1. The van der Waals surface area contributed by atoms with E-state index >= 15 is 4.39 Å². The molecule has 286 valence electrons. The number of Topliss-reactive ketones (excluding diaryl/α,β-unsaturated/α-hetero) is 1. The molecule has 1 saturated heterocycles. The van der Waals surface area contributed by atoms with Gasteiger partial charge in [0.05, 0.1) is 25.9 Å². The molecule has 0 aromatic heterocycles. The lowest BCUT2D eigenvalue weighted by Crippen LogP contribution is -2.69. The van der Waals surface area contributed by atoms with Crippen molar-refractivity contribution in [3.8, 4) is 11.5 Å². The molecule has 0 bridgehead atoms. The van der Waals surface area contributed by atoms with Crippen LogP contribution in [-0.4, -0.2) is 83.3 Å². The average Bonchev–Trinajstić information content (AvgIpc) is 3.51. The Labute approximate surface area is 305 Å². The van der Waals surface area contributed by atoms with Crippen molar-refractivity contribution in [2.75, 3.05) is 20.3 Å². The minimum absolute atomic E-state index is 0.0760. The van der Waals surface area contributed by atoms with E-state index in [1.165, 1.54) is 31.4 Å². The van der Waals surface area contributed by atoms with Crippen molar-refractivity contribution in [2.24, 2.45) is 22.7 Å². The highest BCUT2D eigenvalue weighted by Crippen LogP contribution is 2.72. The third kappa shape index (κ3) is 6.35. The number of methoxy groups -OCH3 is 1. The third-order valence-corrected chi connectivity index (χ3v) is 11.9. The molecule has 15 heteroatoms. The Morgan fingerprint density at radius 1 is 1.15 bits per heavy atom. The van der Waals surface area contributed by atoms with Crippen LogP contribution in [0.3, 0.4) is 0 Å². The van der Waals surface area contributed by atoms with E-state index in [0.29, 0.717) is 11.1 Å². The van der Waals surface area contributed by atoms with Gasteiger partial charge in [-0.25, -0.2) is 9.18 Å². The molecule has 2 saturated carbocycles. The number of esters is 2. The number of fused-ring (bicyclic) bond motifs is 7. The first-order valence-electron chi connectivity index (χ1n) is 17.6. The summed E-state index contributed by atoms with van der Waals surface area (Å²) in [5.74, 6) is -4.22. The van der Waals surface area contributed by atoms with Gasteiger partial charge in [0, 0.05) is 35.7 Å². The molecule has 0 spiro atoms. The Morgan fingerprint density at radius 2 is 1.91 bits per heavy atom. The van der Waals surface area contributed by atoms with Crippen LogP contribution in [-0.2, 0) is 38.2 Å². The van der Waals surface area contributed by atoms with Gasteiger partial charge >= 0.3 is 11.9 Å². The van der Waals surface area contributed by atoms with Crippen molar-refractivity contribution >= 4 is 29.6 Å². The van der Waals surface area contributed by atoms with Gasteiger partial charge in [-0.05, 0) is 82.2 Å². The van der Waals surface area contributed by atoms with Gasteiger partial charge in [0.15, 0.2) is 40.9 Å². The summed E-state index contributed by atoms with van der Waals surface area (Å²) in [6.45, 7) is 5.99. The first-order chi connectivity index (χ1) is 24.9. The summed E-state index contributed by atoms with van der Waals surface area (Å²) >= 11 is 0. The van der Waals surface area contributed by atoms with Gasteiger partial charge in [0.2, 0.25) is 5.78 Å². The van der Waals surface area contributed by atoms with Crippen LogP contribution in [0.4, 0.5) is 4.39 Å². The fourth-order valence-electron chi connectivity index (χ4n) is 9.57. The topological polar surface area (TPSA) is 187 Å². The number of aliphatic hydroxyl groups is 1. The molecule has 0 radical (unpaired) electrons. The molecule has 8 atom stereocenters. The van der Waals surface area contributed by atoms with E-state index in [1.807, 2.05) is 13.0 Å². The van der Waals surface area contributed by atoms with Crippen LogP contribution >= 0.6 is 0 Å². The number of aliphatic hydroxyl groups excluding tert-OH is 1. The van der Waals surface area contributed by atoms with Gasteiger partial charge in [-0.3, -0.25) is 14.4 Å². The number of carbonyl (C=O) groups excluding carboxylic acids is 4. The van der Waals surface area contributed by atoms with Gasteiger partial charge in [-0.15, -0.1) is 10.1 Å². The highest BCUT2D eigenvalue weighted by molar-refractivity contribution is 5.95. The monoisotopic (exact) mass is 741 g/mol. The minimum atomic E-state index is -2.10. The number of halogens is 1. The van der Waals surface area contributed by atoms with E-state index in [-0.39, 0.29) is 62.4 Å². The second-order valence-corrected chi connectivity index (χ2v) is 15.3. The number of allylic oxidation sites excluding steroid dienone is 4. The van der Waals surface area contributed by atoms with Crippen LogP contribution in [0, 0.1) is 32.8 Å². The molecule has 0 amide bonds. The Balaban J connectivity index is 1.15. The highest BCUT2D eigenvalue weighted by Gasteiger charge is 2.80. The molecule has 14 nitrogen and oxygen atoms in total. The maximum absolute atomic E-state index is 17.7. The summed E-state index contributed by atoms with van der Waals surface area (Å²) in [5.41, 5.74) is -4.91. The molecule has 1 N–H and O–H groups in total. The predicted octanol–water partition coefficient (Wildman–Crippen LogP) is 4.59. The number of alkyl halides is 1. The summed E-state index contributed by atoms with van der Waals surface area (Å²) in [6.07, 6.45) is 5.59. The smallest absolute Gasteiger partial charge is 0.331 e. The molecule has 1 aromatic carbocycles. The number of nitrogens with zero attached hydrogens (tertiary/aromatic N) is 1. The number of ether oxygens (including phenoxy) is 5. The molecule has 53 heavy (non-hydrogen) atoms. The van der Waals surface area contributed by atoms with Crippen molar-refractivity contribution < 1.29 is 62.3 Å². The molecule has 1 aromatic rings. The molecule has 5 aliphatic rings. The number of ketones is 2. The average molecular weight is 742 g/mol. The van der Waals surface area contributed by atoms with E-state index in [9.17, 15) is 34.4 Å². The SMILES string of the molecule is COc1cc(C=CC(=O)OCC(=O)[C@@]23OC(C)(C)O[C@@H]2C[C@H]2C4CC=C5CC(=O)C=C[C@]5(C)[C@@]4(F)[C@@H](O)C[C@@]23C)ccc1OC(=O)CCCO[N+](=O)[O-]. The van der Waals surface area contributed by atoms with Gasteiger partial charge in [-0.2, -0.15) is 0 Å². The van der Waals surface area contributed by atoms with Crippen LogP contribution in [0.2, 0.25) is 0 Å². The molecular formula is C38H44FNO13. The van der Waals surface area contributed by atoms with E-state index in [0.717, 1.165) is 6.08 Å². The maximum atomic E-state index is 17.7. The molecule has 6 rings (SSSR count). The molecule has 4 aliphatic carbocycles. The standard InChI is InChI=1S/C38H44FNO13/c1-34(2)52-31-19-26-25-11-10-23-18-24(41)14-15-35(23,3)37(25,39)29(42)20-36(26,4)38(31,53-34)30(43)21-49-32(44)13-9-22-8-12-27(28(17-22)48-5)51-33(45)7-6-16-50-40(46)47/h8-10,12-15,17,25-26,29,31,42H,6-7,11,16,18-21H2,1-5H3/t25?,26-,29-,31+,35-,36-,37-,38+/m0/s1. The van der Waals surface area contributed by atoms with E-state index in [2.05, 4.69) is 4.84 Å². The van der Waals surface area contributed by atoms with Gasteiger partial charge in [-0.1, -0.05) is 30.7 Å². The Kier molecular flexibility index (Phi) is 9.92. The molecule has 1 heterocycles. The lowest BCUT2D eigenvalue weighted by molar-refractivity contribution is -0.757. The van der Waals surface area contributed by atoms with Gasteiger partial charge in [0.1, 0.15) is 0 Å². The van der Waals surface area contributed by atoms with Crippen LogP contribution in [0.25, 0.3) is 6.08 Å². The quantitative estimate of drug-likeness (QED) is 0.0597. The zero-order valence-corrected chi connectivity index (χ0v) is 30.3. The third-order valence-electron chi connectivity index (χ3n) is 11.9. The zero-order valence-electron chi connectivity index (χ0n) is 30.3. The van der Waals surface area contributed by atoms with Crippen molar-refractivity contribution in [2.45, 2.75) is 95.5 Å².